The van der Waals surface area contributed by atoms with Gasteiger partial charge in [0.15, 0.2) is 4.80 Å². The lowest BCUT2D eigenvalue weighted by atomic mass is 9.95. The summed E-state index contributed by atoms with van der Waals surface area (Å²) in [7, 11) is 0. The molecule has 0 aliphatic carbocycles. The van der Waals surface area contributed by atoms with Crippen LogP contribution in [-0.2, 0) is 9.53 Å². The molecule has 1 aromatic heterocycles. The molecular weight excluding hydrogens is 449 g/mol. The minimum Gasteiger partial charge on any atom is -0.463 e. The van der Waals surface area contributed by atoms with Gasteiger partial charge in [-0.1, -0.05) is 41.7 Å². The van der Waals surface area contributed by atoms with Crippen molar-refractivity contribution in [2.75, 3.05) is 6.61 Å². The first-order valence-corrected chi connectivity index (χ1v) is 10.8. The summed E-state index contributed by atoms with van der Waals surface area (Å²) >= 11 is 1.01. The first kappa shape index (κ1) is 22.3. The molecule has 0 saturated heterocycles. The van der Waals surface area contributed by atoms with E-state index in [1.165, 1.54) is 47.0 Å². The standard InChI is InChI=1S/C23H18FN3O5S/c1-3-32-22(29)19-13(2)25-23-26(20(19)15-9-5-6-10-16(15)24)21(28)18(33-23)12-14-8-4-7-11-17(14)27(30)31/h4-12,20H,3H2,1-2H3. The van der Waals surface area contributed by atoms with Crippen LogP contribution < -0.4 is 14.9 Å². The quantitative estimate of drug-likeness (QED) is 0.326. The fourth-order valence-electron chi connectivity index (χ4n) is 3.70. The van der Waals surface area contributed by atoms with Gasteiger partial charge in [-0.15, -0.1) is 0 Å². The number of thiazole rings is 1. The van der Waals surface area contributed by atoms with Crippen molar-refractivity contribution in [2.45, 2.75) is 19.9 Å². The Morgan fingerprint density at radius 3 is 2.67 bits per heavy atom. The minimum absolute atomic E-state index is 0.0617. The van der Waals surface area contributed by atoms with Gasteiger partial charge in [0.25, 0.3) is 11.2 Å². The Labute approximate surface area is 190 Å². The first-order valence-electron chi connectivity index (χ1n) is 10.0. The van der Waals surface area contributed by atoms with Gasteiger partial charge in [0.05, 0.1) is 32.9 Å². The maximum atomic E-state index is 14.8. The molecule has 8 nitrogen and oxygen atoms in total. The summed E-state index contributed by atoms with van der Waals surface area (Å²) in [4.78, 5) is 41.7. The van der Waals surface area contributed by atoms with E-state index in [1.54, 1.807) is 26.0 Å². The van der Waals surface area contributed by atoms with Crippen molar-refractivity contribution >= 4 is 29.1 Å². The fourth-order valence-corrected chi connectivity index (χ4v) is 4.74. The Morgan fingerprint density at radius 1 is 1.27 bits per heavy atom. The number of carbonyl (C=O) groups excluding carboxylic acids is 1. The molecular formula is C23H18FN3O5S. The van der Waals surface area contributed by atoms with Crippen molar-refractivity contribution in [3.63, 3.8) is 0 Å². The average molecular weight is 467 g/mol. The van der Waals surface area contributed by atoms with E-state index in [4.69, 9.17) is 4.74 Å². The number of nitro groups is 1. The van der Waals surface area contributed by atoms with Crippen molar-refractivity contribution in [1.82, 2.24) is 4.57 Å². The van der Waals surface area contributed by atoms with E-state index in [9.17, 15) is 24.1 Å². The van der Waals surface area contributed by atoms with Crippen molar-refractivity contribution in [2.24, 2.45) is 4.99 Å². The van der Waals surface area contributed by atoms with E-state index in [0.717, 1.165) is 11.3 Å². The molecule has 1 unspecified atom stereocenters. The van der Waals surface area contributed by atoms with Gasteiger partial charge in [0.2, 0.25) is 0 Å². The van der Waals surface area contributed by atoms with Crippen LogP contribution in [0.25, 0.3) is 6.08 Å². The summed E-state index contributed by atoms with van der Waals surface area (Å²) in [6.45, 7) is 3.34. The molecule has 2 aromatic carbocycles. The molecule has 10 heteroatoms. The molecule has 0 spiro atoms. The number of carbonyl (C=O) groups is 1. The Hall–Kier alpha value is -3.92. The monoisotopic (exact) mass is 467 g/mol. The van der Waals surface area contributed by atoms with Crippen LogP contribution in [0.4, 0.5) is 10.1 Å². The van der Waals surface area contributed by atoms with Crippen molar-refractivity contribution in [3.05, 3.63) is 107 Å². The second-order valence-corrected chi connectivity index (χ2v) is 8.15. The lowest BCUT2D eigenvalue weighted by Crippen LogP contribution is -2.40. The van der Waals surface area contributed by atoms with E-state index in [-0.39, 0.29) is 38.3 Å². The first-order chi connectivity index (χ1) is 15.8. The van der Waals surface area contributed by atoms with Gasteiger partial charge < -0.3 is 4.74 Å². The lowest BCUT2D eigenvalue weighted by Gasteiger charge is -2.24. The van der Waals surface area contributed by atoms with E-state index >= 15 is 0 Å². The van der Waals surface area contributed by atoms with Crippen molar-refractivity contribution in [1.29, 1.82) is 0 Å². The number of esters is 1. The van der Waals surface area contributed by atoms with Crippen LogP contribution in [0.3, 0.4) is 0 Å². The van der Waals surface area contributed by atoms with Crippen molar-refractivity contribution < 1.29 is 18.8 Å². The summed E-state index contributed by atoms with van der Waals surface area (Å²) in [5, 5.41) is 11.4. The molecule has 4 rings (SSSR count). The fraction of sp³-hybridized carbons (Fsp3) is 0.174. The van der Waals surface area contributed by atoms with Crippen LogP contribution in [0.2, 0.25) is 0 Å². The highest BCUT2D eigenvalue weighted by atomic mass is 32.1. The molecule has 2 heterocycles. The topological polar surface area (TPSA) is 104 Å². The third-order valence-electron chi connectivity index (χ3n) is 5.14. The Bertz CT molecular complexity index is 1490. The summed E-state index contributed by atoms with van der Waals surface area (Å²) in [6, 6.07) is 10.8. The van der Waals surface area contributed by atoms with E-state index in [0.29, 0.717) is 5.70 Å². The molecule has 0 fully saturated rings. The van der Waals surface area contributed by atoms with Gasteiger partial charge in [0, 0.05) is 11.6 Å². The SMILES string of the molecule is CCOC(=O)C1=C(C)N=c2sc(=Cc3ccccc3[N+](=O)[O-])c(=O)n2C1c1ccccc1F. The molecule has 3 aromatic rings. The minimum atomic E-state index is -1.09. The van der Waals surface area contributed by atoms with Gasteiger partial charge >= 0.3 is 5.97 Å². The third-order valence-corrected chi connectivity index (χ3v) is 6.12. The van der Waals surface area contributed by atoms with Crippen LogP contribution >= 0.6 is 11.3 Å². The molecule has 0 amide bonds. The van der Waals surface area contributed by atoms with Crippen LogP contribution in [0.5, 0.6) is 0 Å². The van der Waals surface area contributed by atoms with Gasteiger partial charge in [-0.2, -0.15) is 0 Å². The smallest absolute Gasteiger partial charge is 0.338 e. The zero-order valence-corrected chi connectivity index (χ0v) is 18.5. The zero-order valence-electron chi connectivity index (χ0n) is 17.6. The second kappa shape index (κ2) is 8.91. The molecule has 1 aliphatic heterocycles. The Kier molecular flexibility index (Phi) is 6.01. The molecule has 33 heavy (non-hydrogen) atoms. The predicted molar refractivity (Wildman–Crippen MR) is 120 cm³/mol. The highest BCUT2D eigenvalue weighted by Gasteiger charge is 2.34. The normalized spacial score (nSPS) is 15.7. The number of fused-ring (bicyclic) bond motifs is 1. The summed E-state index contributed by atoms with van der Waals surface area (Å²) < 4.78 is 21.4. The van der Waals surface area contributed by atoms with Gasteiger partial charge in [-0.3, -0.25) is 19.5 Å². The number of nitrogens with zero attached hydrogens (tertiary/aromatic N) is 3. The van der Waals surface area contributed by atoms with E-state index in [1.807, 2.05) is 0 Å². The summed E-state index contributed by atoms with van der Waals surface area (Å²) in [5.74, 6) is -1.28. The molecule has 168 valence electrons. The maximum absolute atomic E-state index is 14.8. The number of para-hydroxylation sites is 1. The number of aromatic nitrogens is 1. The van der Waals surface area contributed by atoms with Crippen LogP contribution in [0.1, 0.15) is 31.0 Å². The molecule has 0 radical (unpaired) electrons. The van der Waals surface area contributed by atoms with Crippen LogP contribution in [-0.4, -0.2) is 22.1 Å². The highest BCUT2D eigenvalue weighted by Crippen LogP contribution is 2.32. The Morgan fingerprint density at radius 2 is 1.97 bits per heavy atom. The van der Waals surface area contributed by atoms with E-state index < -0.39 is 28.3 Å². The number of halogens is 1. The number of allylic oxidation sites excluding steroid dienone is 1. The average Bonchev–Trinajstić information content (AvgIpc) is 3.08. The van der Waals surface area contributed by atoms with E-state index in [2.05, 4.69) is 4.99 Å². The number of nitro benzene ring substituents is 1. The summed E-state index contributed by atoms with van der Waals surface area (Å²) in [5.41, 5.74) is 0.0355. The molecule has 1 atom stereocenters. The summed E-state index contributed by atoms with van der Waals surface area (Å²) in [6.07, 6.45) is 1.41. The Balaban J connectivity index is 2.00. The van der Waals surface area contributed by atoms with Crippen LogP contribution in [0, 0.1) is 15.9 Å². The molecule has 0 bridgehead atoms. The highest BCUT2D eigenvalue weighted by molar-refractivity contribution is 7.07. The zero-order chi connectivity index (χ0) is 23.7. The maximum Gasteiger partial charge on any atom is 0.338 e. The molecule has 1 aliphatic rings. The second-order valence-electron chi connectivity index (χ2n) is 7.14. The predicted octanol–water partition coefficient (Wildman–Crippen LogP) is 2.85. The number of rotatable bonds is 5. The van der Waals surface area contributed by atoms with Crippen molar-refractivity contribution in [3.8, 4) is 0 Å². The van der Waals surface area contributed by atoms with Gasteiger partial charge in [-0.05, 0) is 32.1 Å². The lowest BCUT2D eigenvalue weighted by molar-refractivity contribution is -0.385. The third kappa shape index (κ3) is 4.00. The number of hydrogen-bond donors (Lipinski definition) is 0. The largest absolute Gasteiger partial charge is 0.463 e. The molecule has 0 saturated carbocycles. The number of ether oxygens (including phenoxy) is 1. The van der Waals surface area contributed by atoms with Crippen LogP contribution in [0.15, 0.2) is 69.6 Å². The van der Waals surface area contributed by atoms with Gasteiger partial charge in [0.1, 0.15) is 11.9 Å². The molecule has 0 N–H and O–H groups in total. The number of benzene rings is 2. The van der Waals surface area contributed by atoms with Gasteiger partial charge in [-0.25, -0.2) is 14.2 Å². The number of hydrogen-bond acceptors (Lipinski definition) is 7.